The lowest BCUT2D eigenvalue weighted by atomic mass is 9.76. The maximum atomic E-state index is 13.6. The number of carbonyl (C=O) groups is 1. The molecule has 2 aliphatic carbocycles. The van der Waals surface area contributed by atoms with E-state index in [0.29, 0.717) is 13.1 Å². The van der Waals surface area contributed by atoms with Crippen LogP contribution in [0.4, 0.5) is 5.69 Å². The number of carbonyl (C=O) groups excluding carboxylic acids is 1. The van der Waals surface area contributed by atoms with Crippen molar-refractivity contribution in [1.29, 1.82) is 5.26 Å². The van der Waals surface area contributed by atoms with Gasteiger partial charge < -0.3 is 15.0 Å². The fourth-order valence-electron chi connectivity index (χ4n) is 7.53. The summed E-state index contributed by atoms with van der Waals surface area (Å²) in [5.41, 5.74) is 1.92. The van der Waals surface area contributed by atoms with Gasteiger partial charge in [0.25, 0.3) is 0 Å². The maximum absolute atomic E-state index is 13.6. The highest BCUT2D eigenvalue weighted by atomic mass is 32.2. The highest BCUT2D eigenvalue weighted by Gasteiger charge is 2.47. The molecule has 4 aliphatic rings. The van der Waals surface area contributed by atoms with Crippen LogP contribution in [0.1, 0.15) is 102 Å². The van der Waals surface area contributed by atoms with Crippen LogP contribution < -0.4 is 10.2 Å². The second-order valence-electron chi connectivity index (χ2n) is 14.4. The molecular weight excluding hydrogens is 581 g/mol. The highest BCUT2D eigenvalue weighted by molar-refractivity contribution is 7.91. The SMILES string of the molecule is CC1(C)CC(c2nc(C3CCCCC3C(=O)NC3(C#N)CC3)c(-c3ccc(N4CCS(=O)(=O)CC4)cc3)s2)CC(C)(C)O1. The summed E-state index contributed by atoms with van der Waals surface area (Å²) in [6, 6.07) is 10.8. The Morgan fingerprint density at radius 2 is 1.67 bits per heavy atom. The van der Waals surface area contributed by atoms with Gasteiger partial charge in [-0.05, 0) is 83.9 Å². The Kier molecular flexibility index (Phi) is 7.92. The smallest absolute Gasteiger partial charge is 0.225 e. The van der Waals surface area contributed by atoms with Gasteiger partial charge in [0.15, 0.2) is 9.84 Å². The first-order chi connectivity index (χ1) is 20.3. The van der Waals surface area contributed by atoms with Crippen molar-refractivity contribution in [2.75, 3.05) is 29.5 Å². The minimum absolute atomic E-state index is 0.00363. The van der Waals surface area contributed by atoms with E-state index in [1.165, 1.54) is 0 Å². The van der Waals surface area contributed by atoms with Crippen molar-refractivity contribution in [3.8, 4) is 16.5 Å². The third-order valence-corrected chi connectivity index (χ3v) is 12.6. The summed E-state index contributed by atoms with van der Waals surface area (Å²) in [5, 5.41) is 13.8. The van der Waals surface area contributed by atoms with Crippen LogP contribution in [0.5, 0.6) is 0 Å². The Labute approximate surface area is 260 Å². The summed E-state index contributed by atoms with van der Waals surface area (Å²) in [6.45, 7) is 9.65. The van der Waals surface area contributed by atoms with Gasteiger partial charge in [0.2, 0.25) is 5.91 Å². The lowest BCUT2D eigenvalue weighted by Crippen LogP contribution is -2.44. The zero-order valence-corrected chi connectivity index (χ0v) is 27.5. The summed E-state index contributed by atoms with van der Waals surface area (Å²) in [4.78, 5) is 22.3. The molecule has 3 heterocycles. The van der Waals surface area contributed by atoms with Gasteiger partial charge in [0, 0.05) is 36.5 Å². The van der Waals surface area contributed by atoms with Gasteiger partial charge in [-0.25, -0.2) is 13.4 Å². The Balaban J connectivity index is 1.35. The molecule has 0 bridgehead atoms. The molecule has 43 heavy (non-hydrogen) atoms. The van der Waals surface area contributed by atoms with Gasteiger partial charge in [-0.1, -0.05) is 25.0 Å². The van der Waals surface area contributed by atoms with E-state index in [1.54, 1.807) is 11.3 Å². The minimum Gasteiger partial charge on any atom is -0.370 e. The Morgan fingerprint density at radius 1 is 1.05 bits per heavy atom. The van der Waals surface area contributed by atoms with Gasteiger partial charge >= 0.3 is 0 Å². The lowest BCUT2D eigenvalue weighted by Gasteiger charge is -2.44. The molecule has 232 valence electrons. The number of ether oxygens (including phenoxy) is 1. The second-order valence-corrected chi connectivity index (χ2v) is 17.7. The predicted molar refractivity (Wildman–Crippen MR) is 170 cm³/mol. The van der Waals surface area contributed by atoms with Crippen molar-refractivity contribution in [2.24, 2.45) is 5.92 Å². The van der Waals surface area contributed by atoms with E-state index in [0.717, 1.165) is 78.2 Å². The predicted octanol–water partition coefficient (Wildman–Crippen LogP) is 5.94. The number of hydrogen-bond donors (Lipinski definition) is 1. The number of hydrogen-bond acceptors (Lipinski definition) is 8. The molecule has 0 radical (unpaired) electrons. The number of sulfone groups is 1. The number of nitriles is 1. The number of nitrogens with zero attached hydrogens (tertiary/aromatic N) is 3. The van der Waals surface area contributed by atoms with E-state index in [1.807, 2.05) is 0 Å². The third-order valence-electron chi connectivity index (χ3n) is 9.67. The molecular formula is C33H44N4O4S2. The number of amides is 1. The van der Waals surface area contributed by atoms with E-state index in [9.17, 15) is 18.5 Å². The van der Waals surface area contributed by atoms with Crippen molar-refractivity contribution in [2.45, 2.75) is 108 Å². The third kappa shape index (κ3) is 6.64. The molecule has 10 heteroatoms. The van der Waals surface area contributed by atoms with Crippen molar-refractivity contribution >= 4 is 32.8 Å². The van der Waals surface area contributed by atoms with Crippen molar-refractivity contribution in [3.63, 3.8) is 0 Å². The molecule has 2 aromatic rings. The van der Waals surface area contributed by atoms with Gasteiger partial charge in [-0.2, -0.15) is 5.26 Å². The van der Waals surface area contributed by atoms with Gasteiger partial charge in [-0.15, -0.1) is 11.3 Å². The van der Waals surface area contributed by atoms with Gasteiger partial charge in [-0.3, -0.25) is 4.79 Å². The Bertz CT molecular complexity index is 1490. The van der Waals surface area contributed by atoms with Crippen LogP contribution in [0.3, 0.4) is 0 Å². The number of benzene rings is 1. The van der Waals surface area contributed by atoms with Crippen LogP contribution in [0.25, 0.3) is 10.4 Å². The van der Waals surface area contributed by atoms with Crippen molar-refractivity contribution in [1.82, 2.24) is 10.3 Å². The summed E-state index contributed by atoms with van der Waals surface area (Å²) in [6.07, 6.45) is 6.99. The second kappa shape index (κ2) is 11.1. The van der Waals surface area contributed by atoms with Crippen LogP contribution >= 0.6 is 11.3 Å². The number of rotatable bonds is 6. The Hall–Kier alpha value is -2.48. The molecule has 2 saturated carbocycles. The number of nitrogens with one attached hydrogen (secondary N) is 1. The monoisotopic (exact) mass is 624 g/mol. The molecule has 2 aliphatic heterocycles. The molecule has 2 atom stereocenters. The van der Waals surface area contributed by atoms with Gasteiger partial charge in [0.05, 0.1) is 44.4 Å². The average Bonchev–Trinajstić information content (AvgIpc) is 3.57. The molecule has 1 aromatic carbocycles. The van der Waals surface area contributed by atoms with Crippen LogP contribution in [-0.4, -0.2) is 60.6 Å². The van der Waals surface area contributed by atoms with Crippen LogP contribution in [-0.2, 0) is 19.4 Å². The first-order valence-corrected chi connectivity index (χ1v) is 18.4. The van der Waals surface area contributed by atoms with Crippen molar-refractivity contribution < 1.29 is 17.9 Å². The molecule has 1 aromatic heterocycles. The molecule has 1 N–H and O–H groups in total. The van der Waals surface area contributed by atoms with E-state index in [-0.39, 0.29) is 46.4 Å². The molecule has 0 spiro atoms. The summed E-state index contributed by atoms with van der Waals surface area (Å²) >= 11 is 1.76. The fourth-order valence-corrected chi connectivity index (χ4v) is 9.97. The normalized spacial score (nSPS) is 27.7. The fraction of sp³-hybridized carbons (Fsp3) is 0.667. The van der Waals surface area contributed by atoms with Crippen LogP contribution in [0, 0.1) is 17.2 Å². The number of aromatic nitrogens is 1. The topological polar surface area (TPSA) is 112 Å². The maximum Gasteiger partial charge on any atom is 0.225 e. The zero-order valence-electron chi connectivity index (χ0n) is 25.8. The molecule has 2 unspecified atom stereocenters. The largest absolute Gasteiger partial charge is 0.370 e. The first-order valence-electron chi connectivity index (χ1n) is 15.8. The molecule has 8 nitrogen and oxygen atoms in total. The molecule has 2 saturated heterocycles. The summed E-state index contributed by atoms with van der Waals surface area (Å²) < 4.78 is 30.3. The van der Waals surface area contributed by atoms with E-state index >= 15 is 0 Å². The van der Waals surface area contributed by atoms with Crippen LogP contribution in [0.2, 0.25) is 0 Å². The first kappa shape index (κ1) is 30.5. The minimum atomic E-state index is -2.95. The molecule has 4 fully saturated rings. The highest BCUT2D eigenvalue weighted by Crippen LogP contribution is 2.50. The van der Waals surface area contributed by atoms with E-state index in [4.69, 9.17) is 9.72 Å². The van der Waals surface area contributed by atoms with E-state index < -0.39 is 15.4 Å². The van der Waals surface area contributed by atoms with Crippen molar-refractivity contribution in [3.05, 3.63) is 35.0 Å². The lowest BCUT2D eigenvalue weighted by molar-refractivity contribution is -0.161. The molecule has 6 rings (SSSR count). The Morgan fingerprint density at radius 3 is 2.28 bits per heavy atom. The van der Waals surface area contributed by atoms with Gasteiger partial charge in [0.1, 0.15) is 5.54 Å². The zero-order chi connectivity index (χ0) is 30.6. The van der Waals surface area contributed by atoms with Crippen LogP contribution in [0.15, 0.2) is 24.3 Å². The number of thiazole rings is 1. The summed E-state index contributed by atoms with van der Waals surface area (Å²) in [5.74, 6) is 0.421. The average molecular weight is 625 g/mol. The van der Waals surface area contributed by atoms with E-state index in [2.05, 4.69) is 68.2 Å². The quantitative estimate of drug-likeness (QED) is 0.423. The molecule has 1 amide bonds. The summed E-state index contributed by atoms with van der Waals surface area (Å²) in [7, 11) is -2.95. The number of anilines is 1. The standard InChI is InChI=1S/C33H44N4O4S2/c1-31(2)19-23(20-32(3,4)41-31)30-35-27(25-7-5-6-8-26(25)29(38)36-33(21-34)13-14-33)28(42-30)22-9-11-24(12-10-22)37-15-17-43(39,40)18-16-37/h9-12,23,25-26H,5-8,13-20H2,1-4H3,(H,36,38).